The highest BCUT2D eigenvalue weighted by Gasteiger charge is 2.43. The third-order valence-electron chi connectivity index (χ3n) is 2.53. The minimum Gasteiger partial charge on any atom is -0.481 e. The zero-order valence-electron chi connectivity index (χ0n) is 7.60. The van der Waals surface area contributed by atoms with Gasteiger partial charge >= 0.3 is 5.97 Å². The molecule has 0 aromatic carbocycles. The topological polar surface area (TPSA) is 59.4 Å². The smallest absolute Gasteiger partial charge is 0.312 e. The van der Waals surface area contributed by atoms with Crippen LogP contribution < -0.4 is 0 Å². The van der Waals surface area contributed by atoms with Gasteiger partial charge in [-0.25, -0.2) is 4.98 Å². The predicted molar refractivity (Wildman–Crippen MR) is 51.3 cm³/mol. The lowest BCUT2D eigenvalue weighted by atomic mass is 9.84. The molecule has 0 radical (unpaired) electrons. The van der Waals surface area contributed by atoms with Crippen LogP contribution in [0.25, 0.3) is 0 Å². The number of hydrogen-bond acceptors (Lipinski definition) is 4. The second kappa shape index (κ2) is 3.67. The summed E-state index contributed by atoms with van der Waals surface area (Å²) in [5.41, 5.74) is -0.738. The lowest BCUT2D eigenvalue weighted by molar-refractivity contribution is -0.148. The number of aliphatic carboxylic acids is 1. The van der Waals surface area contributed by atoms with E-state index in [0.29, 0.717) is 26.1 Å². The third kappa shape index (κ3) is 1.65. The van der Waals surface area contributed by atoms with Gasteiger partial charge in [0.05, 0.1) is 17.0 Å². The normalized spacial score (nSPS) is 26.6. The van der Waals surface area contributed by atoms with Crippen LogP contribution in [0.4, 0.5) is 0 Å². The molecule has 4 nitrogen and oxygen atoms in total. The highest BCUT2D eigenvalue weighted by Crippen LogP contribution is 2.33. The first kappa shape index (κ1) is 9.61. The second-order valence-corrected chi connectivity index (χ2v) is 4.47. The standard InChI is InChI=1S/C9H11NO3S/c11-8(12)9(1-3-13-6-9)5-7-10-2-4-14-7/h2,4H,1,3,5-6H2,(H,11,12). The van der Waals surface area contributed by atoms with Gasteiger partial charge in [0.1, 0.15) is 0 Å². The number of carboxylic acids is 1. The molecule has 1 fully saturated rings. The van der Waals surface area contributed by atoms with Gasteiger partial charge < -0.3 is 9.84 Å². The lowest BCUT2D eigenvalue weighted by Crippen LogP contribution is -2.33. The van der Waals surface area contributed by atoms with Crippen molar-refractivity contribution in [1.82, 2.24) is 4.98 Å². The van der Waals surface area contributed by atoms with Gasteiger partial charge in [-0.05, 0) is 6.42 Å². The van der Waals surface area contributed by atoms with Crippen LogP contribution >= 0.6 is 11.3 Å². The number of nitrogens with zero attached hydrogens (tertiary/aromatic N) is 1. The largest absolute Gasteiger partial charge is 0.481 e. The molecule has 2 rings (SSSR count). The Bertz CT molecular complexity index is 317. The molecule has 1 aliphatic heterocycles. The monoisotopic (exact) mass is 213 g/mol. The number of hydrogen-bond donors (Lipinski definition) is 1. The molecule has 5 heteroatoms. The maximum absolute atomic E-state index is 11.1. The van der Waals surface area contributed by atoms with E-state index in [1.807, 2.05) is 5.38 Å². The summed E-state index contributed by atoms with van der Waals surface area (Å²) in [6.07, 6.45) is 2.77. The first-order valence-electron chi connectivity index (χ1n) is 4.42. The highest BCUT2D eigenvalue weighted by atomic mass is 32.1. The van der Waals surface area contributed by atoms with E-state index in [0.717, 1.165) is 5.01 Å². The summed E-state index contributed by atoms with van der Waals surface area (Å²) in [6.45, 7) is 0.847. The molecule has 1 atom stereocenters. The zero-order chi connectivity index (χ0) is 10.0. The number of aromatic nitrogens is 1. The maximum Gasteiger partial charge on any atom is 0.312 e. The number of thiazole rings is 1. The first-order valence-corrected chi connectivity index (χ1v) is 5.30. The van der Waals surface area contributed by atoms with Crippen molar-refractivity contribution in [1.29, 1.82) is 0 Å². The number of ether oxygens (including phenoxy) is 1. The maximum atomic E-state index is 11.1. The summed E-state index contributed by atoms with van der Waals surface area (Å²) < 4.78 is 5.17. The molecule has 1 N–H and O–H groups in total. The van der Waals surface area contributed by atoms with Crippen LogP contribution in [0.1, 0.15) is 11.4 Å². The Morgan fingerprint density at radius 2 is 2.64 bits per heavy atom. The summed E-state index contributed by atoms with van der Waals surface area (Å²) in [6, 6.07) is 0. The summed E-state index contributed by atoms with van der Waals surface area (Å²) in [5.74, 6) is -0.773. The van der Waals surface area contributed by atoms with Crippen LogP contribution in [0.2, 0.25) is 0 Å². The minimum absolute atomic E-state index is 0.307. The molecule has 1 aromatic rings. The van der Waals surface area contributed by atoms with Gasteiger partial charge in [0, 0.05) is 24.6 Å². The molecular formula is C9H11NO3S. The molecule has 1 aliphatic rings. The Balaban J connectivity index is 2.16. The number of carboxylic acid groups (broad SMARTS) is 1. The van der Waals surface area contributed by atoms with Gasteiger partial charge in [-0.1, -0.05) is 0 Å². The molecule has 14 heavy (non-hydrogen) atoms. The average molecular weight is 213 g/mol. The fourth-order valence-corrected chi connectivity index (χ4v) is 2.38. The van der Waals surface area contributed by atoms with Crippen molar-refractivity contribution in [3.63, 3.8) is 0 Å². The Hall–Kier alpha value is -0.940. The van der Waals surface area contributed by atoms with Gasteiger partial charge in [-0.3, -0.25) is 4.79 Å². The van der Waals surface area contributed by atoms with E-state index in [2.05, 4.69) is 4.98 Å². The Labute approximate surface area is 85.5 Å². The molecule has 0 bridgehead atoms. The summed E-state index contributed by atoms with van der Waals surface area (Å²) in [5, 5.41) is 11.9. The Morgan fingerprint density at radius 1 is 1.79 bits per heavy atom. The van der Waals surface area contributed by atoms with Crippen LogP contribution in [0.5, 0.6) is 0 Å². The van der Waals surface area contributed by atoms with Gasteiger partial charge in [-0.2, -0.15) is 0 Å². The molecule has 1 aromatic heterocycles. The third-order valence-corrected chi connectivity index (χ3v) is 3.31. The molecule has 0 saturated carbocycles. The van der Waals surface area contributed by atoms with Crippen LogP contribution in [0.3, 0.4) is 0 Å². The fraction of sp³-hybridized carbons (Fsp3) is 0.556. The summed E-state index contributed by atoms with van der Waals surface area (Å²) in [4.78, 5) is 15.3. The number of rotatable bonds is 3. The SMILES string of the molecule is O=C(O)C1(Cc2nccs2)CCOC1. The predicted octanol–water partition coefficient (Wildman–Crippen LogP) is 1.18. The minimum atomic E-state index is -0.773. The molecule has 0 aliphatic carbocycles. The summed E-state index contributed by atoms with van der Waals surface area (Å²) in [7, 11) is 0. The Kier molecular flexibility index (Phi) is 2.52. The molecule has 0 amide bonds. The van der Waals surface area contributed by atoms with Crippen molar-refractivity contribution in [2.75, 3.05) is 13.2 Å². The highest BCUT2D eigenvalue weighted by molar-refractivity contribution is 7.09. The first-order chi connectivity index (χ1) is 6.73. The van der Waals surface area contributed by atoms with E-state index in [9.17, 15) is 4.79 Å². The number of carbonyl (C=O) groups is 1. The van der Waals surface area contributed by atoms with Gasteiger partial charge in [0.25, 0.3) is 0 Å². The quantitative estimate of drug-likeness (QED) is 0.819. The molecular weight excluding hydrogens is 202 g/mol. The van der Waals surface area contributed by atoms with Crippen molar-refractivity contribution < 1.29 is 14.6 Å². The fourth-order valence-electron chi connectivity index (χ4n) is 1.62. The molecule has 76 valence electrons. The van der Waals surface area contributed by atoms with Gasteiger partial charge in [0.2, 0.25) is 0 Å². The van der Waals surface area contributed by atoms with E-state index in [1.54, 1.807) is 6.20 Å². The van der Waals surface area contributed by atoms with E-state index in [-0.39, 0.29) is 0 Å². The van der Waals surface area contributed by atoms with Crippen LogP contribution in [-0.4, -0.2) is 29.3 Å². The summed E-state index contributed by atoms with van der Waals surface area (Å²) >= 11 is 1.50. The average Bonchev–Trinajstić information content (AvgIpc) is 2.76. The van der Waals surface area contributed by atoms with Gasteiger partial charge in [0.15, 0.2) is 0 Å². The van der Waals surface area contributed by atoms with E-state index in [4.69, 9.17) is 9.84 Å². The molecule has 1 saturated heterocycles. The van der Waals surface area contributed by atoms with Crippen molar-refractivity contribution >= 4 is 17.3 Å². The molecule has 1 unspecified atom stereocenters. The van der Waals surface area contributed by atoms with E-state index >= 15 is 0 Å². The zero-order valence-corrected chi connectivity index (χ0v) is 8.42. The van der Waals surface area contributed by atoms with Crippen molar-refractivity contribution in [2.45, 2.75) is 12.8 Å². The van der Waals surface area contributed by atoms with Crippen molar-refractivity contribution in [2.24, 2.45) is 5.41 Å². The van der Waals surface area contributed by atoms with Crippen LogP contribution in [0, 0.1) is 5.41 Å². The van der Waals surface area contributed by atoms with Gasteiger partial charge in [-0.15, -0.1) is 11.3 Å². The van der Waals surface area contributed by atoms with Crippen molar-refractivity contribution in [3.8, 4) is 0 Å². The molecule has 0 spiro atoms. The van der Waals surface area contributed by atoms with Crippen molar-refractivity contribution in [3.05, 3.63) is 16.6 Å². The van der Waals surface area contributed by atoms with E-state index in [1.165, 1.54) is 11.3 Å². The second-order valence-electron chi connectivity index (χ2n) is 3.49. The Morgan fingerprint density at radius 3 is 3.14 bits per heavy atom. The van der Waals surface area contributed by atoms with Crippen LogP contribution in [0.15, 0.2) is 11.6 Å². The molecule has 2 heterocycles. The van der Waals surface area contributed by atoms with Crippen LogP contribution in [-0.2, 0) is 16.0 Å². The van der Waals surface area contributed by atoms with E-state index < -0.39 is 11.4 Å². The lowest BCUT2D eigenvalue weighted by Gasteiger charge is -2.20.